The molecule has 1 fully saturated rings. The minimum Gasteiger partial charge on any atom is -0.497 e. The summed E-state index contributed by atoms with van der Waals surface area (Å²) in [6.07, 6.45) is 0. The number of aliphatic imine (C=N–C) groups is 1. The second-order valence-electron chi connectivity index (χ2n) is 8.74. The van der Waals surface area contributed by atoms with E-state index in [-0.39, 0.29) is 5.41 Å². The minimum absolute atomic E-state index is 0.109. The van der Waals surface area contributed by atoms with E-state index in [1.807, 2.05) is 30.7 Å². The molecule has 1 aromatic carbocycles. The summed E-state index contributed by atoms with van der Waals surface area (Å²) in [5.41, 5.74) is 1.10. The summed E-state index contributed by atoms with van der Waals surface area (Å²) >= 11 is 0. The summed E-state index contributed by atoms with van der Waals surface area (Å²) in [5.74, 6) is 3.36. The molecule has 0 radical (unpaired) electrons. The molecule has 2 aromatic rings. The molecule has 0 spiro atoms. The SMILES string of the molecule is COc1cccc(C(C)(C)CNC(=NCc2nnc(C)n2C)NCCN2CCOCC2)c1. The van der Waals surface area contributed by atoms with Gasteiger partial charge in [-0.25, -0.2) is 4.99 Å². The molecular formula is C23H37N7O2. The molecule has 9 heteroatoms. The first-order valence-corrected chi connectivity index (χ1v) is 11.2. The Morgan fingerprint density at radius 1 is 1.22 bits per heavy atom. The van der Waals surface area contributed by atoms with Gasteiger partial charge in [0.25, 0.3) is 0 Å². The Balaban J connectivity index is 1.64. The van der Waals surface area contributed by atoms with Crippen molar-refractivity contribution in [3.8, 4) is 5.75 Å². The van der Waals surface area contributed by atoms with Gasteiger partial charge in [-0.1, -0.05) is 26.0 Å². The molecule has 1 aromatic heterocycles. The molecule has 0 bridgehead atoms. The largest absolute Gasteiger partial charge is 0.497 e. The van der Waals surface area contributed by atoms with E-state index in [2.05, 4.69) is 51.7 Å². The van der Waals surface area contributed by atoms with Gasteiger partial charge < -0.3 is 24.7 Å². The van der Waals surface area contributed by atoms with E-state index in [4.69, 9.17) is 14.5 Å². The van der Waals surface area contributed by atoms with Crippen molar-refractivity contribution in [3.63, 3.8) is 0 Å². The summed E-state index contributed by atoms with van der Waals surface area (Å²) in [7, 11) is 3.66. The van der Waals surface area contributed by atoms with Gasteiger partial charge in [0.1, 0.15) is 18.1 Å². The Morgan fingerprint density at radius 2 is 2.00 bits per heavy atom. The standard InChI is InChI=1S/C23H37N7O2/c1-18-27-28-21(29(18)4)16-25-22(24-9-10-30-11-13-32-14-12-30)26-17-23(2,3)19-7-6-8-20(15-19)31-5/h6-8,15H,9-14,16-17H2,1-5H3,(H2,24,25,26). The maximum absolute atomic E-state index is 5.44. The lowest BCUT2D eigenvalue weighted by Gasteiger charge is -2.28. The number of methoxy groups -OCH3 is 1. The van der Waals surface area contributed by atoms with Gasteiger partial charge in [0.05, 0.1) is 20.3 Å². The number of nitrogens with one attached hydrogen (secondary N) is 2. The number of guanidine groups is 1. The maximum Gasteiger partial charge on any atom is 0.191 e. The number of benzene rings is 1. The fourth-order valence-electron chi connectivity index (χ4n) is 3.52. The van der Waals surface area contributed by atoms with Crippen molar-refractivity contribution in [3.05, 3.63) is 41.5 Å². The van der Waals surface area contributed by atoms with Crippen molar-refractivity contribution in [2.75, 3.05) is 53.0 Å². The average Bonchev–Trinajstić information content (AvgIpc) is 3.13. The third-order valence-corrected chi connectivity index (χ3v) is 5.93. The van der Waals surface area contributed by atoms with Crippen molar-refractivity contribution in [2.45, 2.75) is 32.7 Å². The van der Waals surface area contributed by atoms with Crippen molar-refractivity contribution in [1.29, 1.82) is 0 Å². The van der Waals surface area contributed by atoms with Crippen LogP contribution in [-0.2, 0) is 23.7 Å². The van der Waals surface area contributed by atoms with Crippen molar-refractivity contribution in [2.24, 2.45) is 12.0 Å². The van der Waals surface area contributed by atoms with Crippen LogP contribution in [0.25, 0.3) is 0 Å². The van der Waals surface area contributed by atoms with Gasteiger partial charge >= 0.3 is 0 Å². The highest BCUT2D eigenvalue weighted by Gasteiger charge is 2.22. The number of hydrogen-bond donors (Lipinski definition) is 2. The molecule has 0 amide bonds. The summed E-state index contributed by atoms with van der Waals surface area (Å²) in [4.78, 5) is 7.19. The Bertz CT molecular complexity index is 888. The third kappa shape index (κ3) is 6.67. The lowest BCUT2D eigenvalue weighted by molar-refractivity contribution is 0.0389. The van der Waals surface area contributed by atoms with E-state index in [1.165, 1.54) is 5.56 Å². The molecule has 176 valence electrons. The average molecular weight is 444 g/mol. The van der Waals surface area contributed by atoms with Crippen molar-refractivity contribution in [1.82, 2.24) is 30.3 Å². The Hall–Kier alpha value is -2.65. The molecule has 32 heavy (non-hydrogen) atoms. The Kier molecular flexibility index (Phi) is 8.46. The smallest absolute Gasteiger partial charge is 0.191 e. The first kappa shape index (κ1) is 24.0. The summed E-state index contributed by atoms with van der Waals surface area (Å²) in [6.45, 7) is 12.9. The van der Waals surface area contributed by atoms with Crippen LogP contribution in [0.1, 0.15) is 31.1 Å². The monoisotopic (exact) mass is 443 g/mol. The molecule has 2 N–H and O–H groups in total. The third-order valence-electron chi connectivity index (χ3n) is 5.93. The summed E-state index contributed by atoms with van der Waals surface area (Å²) in [6, 6.07) is 8.22. The zero-order chi connectivity index (χ0) is 23.0. The molecule has 9 nitrogen and oxygen atoms in total. The molecule has 3 rings (SSSR count). The highest BCUT2D eigenvalue weighted by atomic mass is 16.5. The zero-order valence-electron chi connectivity index (χ0n) is 20.0. The molecule has 0 saturated carbocycles. The topological polar surface area (TPSA) is 88.8 Å². The highest BCUT2D eigenvalue weighted by molar-refractivity contribution is 5.79. The van der Waals surface area contributed by atoms with E-state index >= 15 is 0 Å². The number of morpholine rings is 1. The highest BCUT2D eigenvalue weighted by Crippen LogP contribution is 2.25. The van der Waals surface area contributed by atoms with Gasteiger partial charge in [-0.05, 0) is 24.6 Å². The maximum atomic E-state index is 5.44. The quantitative estimate of drug-likeness (QED) is 0.448. The van der Waals surface area contributed by atoms with E-state index < -0.39 is 0 Å². The van der Waals surface area contributed by atoms with E-state index in [1.54, 1.807) is 7.11 Å². The lowest BCUT2D eigenvalue weighted by Crippen LogP contribution is -2.47. The second-order valence-corrected chi connectivity index (χ2v) is 8.74. The molecule has 1 saturated heterocycles. The normalized spacial score (nSPS) is 15.6. The van der Waals surface area contributed by atoms with Crippen LogP contribution < -0.4 is 15.4 Å². The number of nitrogens with zero attached hydrogens (tertiary/aromatic N) is 5. The van der Waals surface area contributed by atoms with Crippen LogP contribution in [0.2, 0.25) is 0 Å². The van der Waals surface area contributed by atoms with Crippen LogP contribution >= 0.6 is 0 Å². The van der Waals surface area contributed by atoms with E-state index in [0.29, 0.717) is 6.54 Å². The first-order chi connectivity index (χ1) is 15.4. The van der Waals surface area contributed by atoms with Crippen LogP contribution in [0.5, 0.6) is 5.75 Å². The Morgan fingerprint density at radius 3 is 2.69 bits per heavy atom. The molecule has 0 atom stereocenters. The van der Waals surface area contributed by atoms with Crippen molar-refractivity contribution < 1.29 is 9.47 Å². The predicted molar refractivity (Wildman–Crippen MR) is 126 cm³/mol. The van der Waals surface area contributed by atoms with E-state index in [0.717, 1.165) is 69.3 Å². The molecule has 2 heterocycles. The summed E-state index contributed by atoms with van der Waals surface area (Å²) in [5, 5.41) is 15.4. The van der Waals surface area contributed by atoms with E-state index in [9.17, 15) is 0 Å². The second kappa shape index (κ2) is 11.3. The molecule has 1 aliphatic heterocycles. The van der Waals surface area contributed by atoms with Crippen LogP contribution in [0.15, 0.2) is 29.3 Å². The van der Waals surface area contributed by atoms with Crippen LogP contribution in [0, 0.1) is 6.92 Å². The number of ether oxygens (including phenoxy) is 2. The van der Waals surface area contributed by atoms with Gasteiger partial charge in [-0.2, -0.15) is 0 Å². The van der Waals surface area contributed by atoms with Gasteiger partial charge in [0.15, 0.2) is 11.8 Å². The summed E-state index contributed by atoms with van der Waals surface area (Å²) < 4.78 is 12.8. The minimum atomic E-state index is -0.109. The van der Waals surface area contributed by atoms with Gasteiger partial charge in [0.2, 0.25) is 0 Å². The number of hydrogen-bond acceptors (Lipinski definition) is 6. The molecule has 1 aliphatic rings. The fourth-order valence-corrected chi connectivity index (χ4v) is 3.52. The van der Waals surface area contributed by atoms with Crippen LogP contribution in [-0.4, -0.2) is 78.7 Å². The number of rotatable bonds is 9. The van der Waals surface area contributed by atoms with Gasteiger partial charge in [0, 0.05) is 45.2 Å². The molecular weight excluding hydrogens is 406 g/mol. The molecule has 0 aliphatic carbocycles. The molecule has 0 unspecified atom stereocenters. The number of aryl methyl sites for hydroxylation is 1. The number of aromatic nitrogens is 3. The zero-order valence-corrected chi connectivity index (χ0v) is 20.0. The van der Waals surface area contributed by atoms with Crippen LogP contribution in [0.3, 0.4) is 0 Å². The Labute approximate surface area is 191 Å². The van der Waals surface area contributed by atoms with Crippen LogP contribution in [0.4, 0.5) is 0 Å². The van der Waals surface area contributed by atoms with Gasteiger partial charge in [-0.15, -0.1) is 10.2 Å². The van der Waals surface area contributed by atoms with Crippen molar-refractivity contribution >= 4 is 5.96 Å². The lowest BCUT2D eigenvalue weighted by atomic mass is 9.84. The first-order valence-electron chi connectivity index (χ1n) is 11.2. The predicted octanol–water partition coefficient (Wildman–Crippen LogP) is 1.48. The fraction of sp³-hybridized carbons (Fsp3) is 0.609. The van der Waals surface area contributed by atoms with Gasteiger partial charge in [-0.3, -0.25) is 4.90 Å².